The van der Waals surface area contributed by atoms with Crippen LogP contribution in [0.4, 0.5) is 5.69 Å². The number of para-hydroxylation sites is 1. The van der Waals surface area contributed by atoms with Gasteiger partial charge in [-0.1, -0.05) is 41.4 Å². The molecule has 0 saturated carbocycles. The molecule has 0 spiro atoms. The maximum atomic E-state index is 6.75. The topological polar surface area (TPSA) is 62.6 Å². The molecule has 1 N–H and O–H groups in total. The van der Waals surface area contributed by atoms with Gasteiger partial charge in [0.05, 0.1) is 21.2 Å². The summed E-state index contributed by atoms with van der Waals surface area (Å²) in [6.07, 6.45) is 3.52. The van der Waals surface area contributed by atoms with Crippen molar-refractivity contribution < 1.29 is 0 Å². The zero-order valence-electron chi connectivity index (χ0n) is 15.1. The van der Waals surface area contributed by atoms with Crippen LogP contribution in [0.1, 0.15) is 19.3 Å². The lowest BCUT2D eigenvalue weighted by atomic mass is 10.1. The largest absolute Gasteiger partial charge is 0.369 e. The first-order valence-electron chi connectivity index (χ1n) is 9.32. The molecule has 1 saturated heterocycles. The highest BCUT2D eigenvalue weighted by Crippen LogP contribution is 2.46. The zero-order valence-corrected chi connectivity index (χ0v) is 16.6. The number of rotatable bonds is 3. The van der Waals surface area contributed by atoms with E-state index >= 15 is 0 Å². The quantitative estimate of drug-likeness (QED) is 0.507. The second-order valence-electron chi connectivity index (χ2n) is 6.92. The molecule has 3 heterocycles. The average Bonchev–Trinajstić information content (AvgIpc) is 3.38. The van der Waals surface area contributed by atoms with Gasteiger partial charge < -0.3 is 9.47 Å². The van der Waals surface area contributed by atoms with Crippen LogP contribution < -0.4 is 4.90 Å². The first-order valence-corrected chi connectivity index (χ1v) is 10.1. The van der Waals surface area contributed by atoms with Crippen molar-refractivity contribution in [3.63, 3.8) is 0 Å². The number of nitrogens with zero attached hydrogens (tertiary/aromatic N) is 5. The molecule has 8 heteroatoms. The Labute approximate surface area is 172 Å². The van der Waals surface area contributed by atoms with Crippen LogP contribution in [0.15, 0.2) is 42.5 Å². The van der Waals surface area contributed by atoms with Gasteiger partial charge in [-0.15, -0.1) is 5.10 Å². The van der Waals surface area contributed by atoms with Crippen molar-refractivity contribution in [1.82, 2.24) is 25.2 Å². The molecule has 2 aromatic carbocycles. The molecule has 142 valence electrons. The smallest absolute Gasteiger partial charge is 0.198 e. The molecular weight excluding hydrogens is 395 g/mol. The molecule has 1 fully saturated rings. The van der Waals surface area contributed by atoms with Crippen molar-refractivity contribution in [2.75, 3.05) is 18.0 Å². The Morgan fingerprint density at radius 2 is 1.71 bits per heavy atom. The van der Waals surface area contributed by atoms with E-state index < -0.39 is 0 Å². The van der Waals surface area contributed by atoms with Gasteiger partial charge in [0, 0.05) is 24.2 Å². The second-order valence-corrected chi connectivity index (χ2v) is 7.71. The first kappa shape index (κ1) is 17.5. The summed E-state index contributed by atoms with van der Waals surface area (Å²) in [6, 6.07) is 14.0. The molecule has 2 aromatic heterocycles. The summed E-state index contributed by atoms with van der Waals surface area (Å²) in [5.74, 6) is 0.604. The van der Waals surface area contributed by atoms with Gasteiger partial charge in [-0.3, -0.25) is 0 Å². The Morgan fingerprint density at radius 3 is 2.43 bits per heavy atom. The van der Waals surface area contributed by atoms with Crippen LogP contribution >= 0.6 is 23.2 Å². The van der Waals surface area contributed by atoms with E-state index in [1.807, 2.05) is 30.3 Å². The van der Waals surface area contributed by atoms with Crippen molar-refractivity contribution in [3.05, 3.63) is 52.5 Å². The predicted octanol–water partition coefficient (Wildman–Crippen LogP) is 5.11. The number of tetrazole rings is 1. The number of aromatic amines is 1. The van der Waals surface area contributed by atoms with Crippen molar-refractivity contribution in [2.45, 2.75) is 19.3 Å². The van der Waals surface area contributed by atoms with Crippen LogP contribution in [-0.2, 0) is 0 Å². The monoisotopic (exact) mass is 412 g/mol. The molecule has 1 aliphatic rings. The van der Waals surface area contributed by atoms with Crippen LogP contribution in [-0.4, -0.2) is 38.3 Å². The summed E-state index contributed by atoms with van der Waals surface area (Å²) in [5.41, 5.74) is 3.93. The highest BCUT2D eigenvalue weighted by molar-refractivity contribution is 6.46. The van der Waals surface area contributed by atoms with E-state index in [1.165, 1.54) is 6.42 Å². The van der Waals surface area contributed by atoms with Crippen molar-refractivity contribution in [1.29, 1.82) is 0 Å². The number of H-pyrrole nitrogens is 1. The van der Waals surface area contributed by atoms with E-state index in [0.717, 1.165) is 53.9 Å². The molecule has 0 bridgehead atoms. The number of fused-ring (bicyclic) bond motifs is 1. The Balaban J connectivity index is 1.92. The molecule has 0 unspecified atom stereocenters. The molecule has 0 aliphatic carbocycles. The number of piperidine rings is 1. The van der Waals surface area contributed by atoms with Gasteiger partial charge in [-0.05, 0) is 54.0 Å². The second kappa shape index (κ2) is 7.11. The van der Waals surface area contributed by atoms with Gasteiger partial charge in [0.15, 0.2) is 5.82 Å². The van der Waals surface area contributed by atoms with Gasteiger partial charge >= 0.3 is 0 Å². The van der Waals surface area contributed by atoms with Crippen molar-refractivity contribution in [2.24, 2.45) is 0 Å². The van der Waals surface area contributed by atoms with Gasteiger partial charge in [0.2, 0.25) is 0 Å². The van der Waals surface area contributed by atoms with E-state index in [2.05, 4.69) is 42.2 Å². The van der Waals surface area contributed by atoms with Crippen molar-refractivity contribution >= 4 is 39.8 Å². The Kier molecular flexibility index (Phi) is 4.45. The number of halogens is 2. The first-order chi connectivity index (χ1) is 13.8. The standard InChI is InChI=1S/C20H18Cl2N6/c21-14-9-10-15-16(17(14)22)18(27-11-5-2-6-12-27)19(20-23-25-26-24-20)28(15)13-7-3-1-4-8-13/h1,3-4,7-10H,2,5-6,11-12H2,(H,23,24,25,26). The van der Waals surface area contributed by atoms with E-state index in [4.69, 9.17) is 23.2 Å². The van der Waals surface area contributed by atoms with Crippen molar-refractivity contribution in [3.8, 4) is 17.2 Å². The van der Waals surface area contributed by atoms with Crippen LogP contribution in [0.5, 0.6) is 0 Å². The molecule has 1 aliphatic heterocycles. The maximum Gasteiger partial charge on any atom is 0.198 e. The number of anilines is 1. The third-order valence-corrected chi connectivity index (χ3v) is 6.06. The Bertz CT molecular complexity index is 1120. The van der Waals surface area contributed by atoms with Gasteiger partial charge in [-0.25, -0.2) is 5.10 Å². The lowest BCUT2D eigenvalue weighted by Gasteiger charge is -2.29. The van der Waals surface area contributed by atoms with Crippen LogP contribution in [0.25, 0.3) is 28.1 Å². The molecule has 4 aromatic rings. The maximum absolute atomic E-state index is 6.75. The SMILES string of the molecule is Clc1ccc2c(c1Cl)c(N1CCCCC1)c(-c1nnn[nH]1)n2-c1ccccc1. The van der Waals surface area contributed by atoms with Gasteiger partial charge in [0.25, 0.3) is 0 Å². The van der Waals surface area contributed by atoms with E-state index in [-0.39, 0.29) is 0 Å². The fourth-order valence-corrected chi connectivity index (χ4v) is 4.45. The van der Waals surface area contributed by atoms with E-state index in [1.54, 1.807) is 0 Å². The number of nitrogens with one attached hydrogen (secondary N) is 1. The van der Waals surface area contributed by atoms with Crippen LogP contribution in [0, 0.1) is 0 Å². The minimum atomic E-state index is 0.542. The summed E-state index contributed by atoms with van der Waals surface area (Å²) < 4.78 is 2.16. The number of hydrogen-bond donors (Lipinski definition) is 1. The molecule has 0 atom stereocenters. The molecule has 28 heavy (non-hydrogen) atoms. The molecular formula is C20H18Cl2N6. The third kappa shape index (κ3) is 2.75. The molecule has 0 amide bonds. The van der Waals surface area contributed by atoms with Crippen LogP contribution in [0.3, 0.4) is 0 Å². The van der Waals surface area contributed by atoms with Gasteiger partial charge in [-0.2, -0.15) is 0 Å². The van der Waals surface area contributed by atoms with Gasteiger partial charge in [0.1, 0.15) is 5.69 Å². The number of hydrogen-bond acceptors (Lipinski definition) is 4. The highest BCUT2D eigenvalue weighted by atomic mass is 35.5. The predicted molar refractivity (Wildman–Crippen MR) is 113 cm³/mol. The summed E-state index contributed by atoms with van der Waals surface area (Å²) in [5, 5.41) is 16.9. The Hall–Kier alpha value is -2.57. The van der Waals surface area contributed by atoms with Crippen LogP contribution in [0.2, 0.25) is 10.0 Å². The minimum Gasteiger partial charge on any atom is -0.369 e. The summed E-state index contributed by atoms with van der Waals surface area (Å²) >= 11 is 13.2. The Morgan fingerprint density at radius 1 is 0.929 bits per heavy atom. The summed E-state index contributed by atoms with van der Waals surface area (Å²) in [7, 11) is 0. The molecule has 0 radical (unpaired) electrons. The lowest BCUT2D eigenvalue weighted by molar-refractivity contribution is 0.579. The summed E-state index contributed by atoms with van der Waals surface area (Å²) in [6.45, 7) is 1.93. The summed E-state index contributed by atoms with van der Waals surface area (Å²) in [4.78, 5) is 2.38. The number of benzene rings is 2. The average molecular weight is 413 g/mol. The highest BCUT2D eigenvalue weighted by Gasteiger charge is 2.28. The fraction of sp³-hybridized carbons (Fsp3) is 0.250. The lowest BCUT2D eigenvalue weighted by Crippen LogP contribution is -2.29. The zero-order chi connectivity index (χ0) is 19.1. The van der Waals surface area contributed by atoms with E-state index in [9.17, 15) is 0 Å². The van der Waals surface area contributed by atoms with E-state index in [0.29, 0.717) is 15.9 Å². The molecule has 6 nitrogen and oxygen atoms in total. The third-order valence-electron chi connectivity index (χ3n) is 5.25. The fourth-order valence-electron chi connectivity index (χ4n) is 4.04. The molecule has 5 rings (SSSR count). The normalized spacial score (nSPS) is 14.7. The minimum absolute atomic E-state index is 0.542. The number of aromatic nitrogens is 5.